The molecule has 2 N–H and O–H groups in total. The number of nitrogens with zero attached hydrogens (tertiary/aromatic N) is 3. The van der Waals surface area contributed by atoms with Crippen LogP contribution in [0, 0.1) is 0 Å². The maximum Gasteiger partial charge on any atom is 0.122 e. The average Bonchev–Trinajstić information content (AvgIpc) is 2.64. The van der Waals surface area contributed by atoms with E-state index >= 15 is 0 Å². The van der Waals surface area contributed by atoms with E-state index in [9.17, 15) is 5.11 Å². The van der Waals surface area contributed by atoms with Crippen LogP contribution in [-0.2, 0) is 13.6 Å². The molecule has 98 valence electrons. The monoisotopic (exact) mass is 240 g/mol. The number of aryl methyl sites for hydroxylation is 1. The summed E-state index contributed by atoms with van der Waals surface area (Å²) in [5, 5.41) is 12.8. The Balaban J connectivity index is 2.53. The van der Waals surface area contributed by atoms with Crippen molar-refractivity contribution in [1.29, 1.82) is 0 Å². The van der Waals surface area contributed by atoms with Gasteiger partial charge in [-0.2, -0.15) is 0 Å². The Morgan fingerprint density at radius 1 is 1.59 bits per heavy atom. The lowest BCUT2D eigenvalue weighted by atomic mass is 10.0. The molecule has 0 spiro atoms. The molecular weight excluding hydrogens is 216 g/mol. The molecule has 1 aromatic heterocycles. The van der Waals surface area contributed by atoms with E-state index in [1.807, 2.05) is 38.7 Å². The highest BCUT2D eigenvalue weighted by Gasteiger charge is 2.24. The van der Waals surface area contributed by atoms with Gasteiger partial charge in [0.15, 0.2) is 0 Å². The van der Waals surface area contributed by atoms with Crippen molar-refractivity contribution in [3.05, 3.63) is 18.2 Å². The van der Waals surface area contributed by atoms with E-state index in [0.717, 1.165) is 25.5 Å². The van der Waals surface area contributed by atoms with E-state index in [1.54, 1.807) is 6.20 Å². The zero-order valence-corrected chi connectivity index (χ0v) is 11.3. The van der Waals surface area contributed by atoms with Crippen molar-refractivity contribution in [2.75, 3.05) is 26.7 Å². The fourth-order valence-corrected chi connectivity index (χ4v) is 2.03. The molecule has 1 heterocycles. The third-order valence-corrected chi connectivity index (χ3v) is 2.90. The quantitative estimate of drug-likeness (QED) is 0.715. The standard InChI is InChI=1S/C12H24N4O/c1-5-14-12(2,10-17)9-15(3)8-11-13-6-7-16(11)4/h6-7,14,17H,5,8-10H2,1-4H3. The van der Waals surface area contributed by atoms with Crippen LogP contribution in [0.3, 0.4) is 0 Å². The molecule has 17 heavy (non-hydrogen) atoms. The molecule has 5 nitrogen and oxygen atoms in total. The molecule has 5 heteroatoms. The largest absolute Gasteiger partial charge is 0.394 e. The number of rotatable bonds is 7. The topological polar surface area (TPSA) is 53.3 Å². The first-order chi connectivity index (χ1) is 8.00. The van der Waals surface area contributed by atoms with Crippen LogP contribution in [0.15, 0.2) is 12.4 Å². The van der Waals surface area contributed by atoms with Gasteiger partial charge < -0.3 is 15.0 Å². The van der Waals surface area contributed by atoms with Gasteiger partial charge in [-0.25, -0.2) is 4.98 Å². The van der Waals surface area contributed by atoms with Gasteiger partial charge in [-0.15, -0.1) is 0 Å². The minimum Gasteiger partial charge on any atom is -0.394 e. The second-order valence-corrected chi connectivity index (χ2v) is 4.88. The van der Waals surface area contributed by atoms with Crippen molar-refractivity contribution in [2.24, 2.45) is 7.05 Å². The van der Waals surface area contributed by atoms with Crippen LogP contribution < -0.4 is 5.32 Å². The Bertz CT molecular complexity index is 339. The van der Waals surface area contributed by atoms with Crippen molar-refractivity contribution >= 4 is 0 Å². The Kier molecular flexibility index (Phi) is 5.11. The van der Waals surface area contributed by atoms with Gasteiger partial charge in [0.25, 0.3) is 0 Å². The van der Waals surface area contributed by atoms with Crippen molar-refractivity contribution in [3.63, 3.8) is 0 Å². The smallest absolute Gasteiger partial charge is 0.122 e. The van der Waals surface area contributed by atoms with Gasteiger partial charge in [-0.05, 0) is 20.5 Å². The Labute approximate surface area is 103 Å². The number of aliphatic hydroxyl groups excluding tert-OH is 1. The lowest BCUT2D eigenvalue weighted by Gasteiger charge is -2.32. The molecule has 0 aliphatic rings. The summed E-state index contributed by atoms with van der Waals surface area (Å²) >= 11 is 0. The predicted octanol–water partition coefficient (Wildman–Crippen LogP) is 0.212. The zero-order valence-electron chi connectivity index (χ0n) is 11.3. The Morgan fingerprint density at radius 2 is 2.29 bits per heavy atom. The number of hydrogen-bond acceptors (Lipinski definition) is 4. The van der Waals surface area contributed by atoms with E-state index < -0.39 is 0 Å². The summed E-state index contributed by atoms with van der Waals surface area (Å²) in [5.41, 5.74) is -0.255. The molecular formula is C12H24N4O. The highest BCUT2D eigenvalue weighted by Crippen LogP contribution is 2.07. The minimum atomic E-state index is -0.255. The van der Waals surface area contributed by atoms with E-state index in [-0.39, 0.29) is 12.1 Å². The average molecular weight is 240 g/mol. The highest BCUT2D eigenvalue weighted by molar-refractivity contribution is 4.92. The molecule has 0 aromatic carbocycles. The Morgan fingerprint density at radius 3 is 2.76 bits per heavy atom. The van der Waals surface area contributed by atoms with Crippen LogP contribution in [0.4, 0.5) is 0 Å². The number of likely N-dealkylation sites (N-methyl/N-ethyl adjacent to an activating group) is 2. The lowest BCUT2D eigenvalue weighted by molar-refractivity contribution is 0.129. The zero-order chi connectivity index (χ0) is 12.9. The fourth-order valence-electron chi connectivity index (χ4n) is 2.03. The van der Waals surface area contributed by atoms with Crippen LogP contribution in [0.1, 0.15) is 19.7 Å². The van der Waals surface area contributed by atoms with Gasteiger partial charge in [-0.1, -0.05) is 6.92 Å². The molecule has 1 unspecified atom stereocenters. The van der Waals surface area contributed by atoms with Crippen LogP contribution in [-0.4, -0.2) is 51.8 Å². The van der Waals surface area contributed by atoms with Crippen molar-refractivity contribution < 1.29 is 5.11 Å². The molecule has 0 radical (unpaired) electrons. The van der Waals surface area contributed by atoms with Crippen LogP contribution >= 0.6 is 0 Å². The molecule has 0 aliphatic carbocycles. The summed E-state index contributed by atoms with van der Waals surface area (Å²) in [5.74, 6) is 1.03. The molecule has 0 amide bonds. The van der Waals surface area contributed by atoms with Crippen molar-refractivity contribution in [3.8, 4) is 0 Å². The van der Waals surface area contributed by atoms with Gasteiger partial charge in [0.05, 0.1) is 18.7 Å². The molecule has 1 atom stereocenters. The van der Waals surface area contributed by atoms with Gasteiger partial charge in [0, 0.05) is 26.0 Å². The summed E-state index contributed by atoms with van der Waals surface area (Å²) in [6.45, 7) is 6.63. The summed E-state index contributed by atoms with van der Waals surface area (Å²) in [7, 11) is 4.03. The highest BCUT2D eigenvalue weighted by atomic mass is 16.3. The van der Waals surface area contributed by atoms with E-state index in [1.165, 1.54) is 0 Å². The number of hydrogen-bond donors (Lipinski definition) is 2. The minimum absolute atomic E-state index is 0.131. The first-order valence-electron chi connectivity index (χ1n) is 6.01. The van der Waals surface area contributed by atoms with E-state index in [2.05, 4.69) is 15.2 Å². The predicted molar refractivity (Wildman–Crippen MR) is 68.7 cm³/mol. The molecule has 1 rings (SSSR count). The van der Waals surface area contributed by atoms with Gasteiger partial charge >= 0.3 is 0 Å². The number of aromatic nitrogens is 2. The molecule has 0 fully saturated rings. The molecule has 0 bridgehead atoms. The first kappa shape index (κ1) is 14.2. The third-order valence-electron chi connectivity index (χ3n) is 2.90. The summed E-state index contributed by atoms with van der Waals surface area (Å²) in [6, 6.07) is 0. The van der Waals surface area contributed by atoms with E-state index in [4.69, 9.17) is 0 Å². The molecule has 1 aromatic rings. The van der Waals surface area contributed by atoms with Gasteiger partial charge in [-0.3, -0.25) is 4.90 Å². The number of nitrogens with one attached hydrogen (secondary N) is 1. The summed E-state index contributed by atoms with van der Waals surface area (Å²) < 4.78 is 2.01. The summed E-state index contributed by atoms with van der Waals surface area (Å²) in [6.07, 6.45) is 3.75. The lowest BCUT2D eigenvalue weighted by Crippen LogP contribution is -2.53. The van der Waals surface area contributed by atoms with Crippen LogP contribution in [0.2, 0.25) is 0 Å². The third kappa shape index (κ3) is 4.11. The van der Waals surface area contributed by atoms with Crippen LogP contribution in [0.25, 0.3) is 0 Å². The molecule has 0 aliphatic heterocycles. The first-order valence-corrected chi connectivity index (χ1v) is 6.01. The maximum atomic E-state index is 9.44. The normalized spacial score (nSPS) is 15.2. The van der Waals surface area contributed by atoms with E-state index in [0.29, 0.717) is 0 Å². The van der Waals surface area contributed by atoms with Gasteiger partial charge in [0.1, 0.15) is 5.82 Å². The SMILES string of the molecule is CCNC(C)(CO)CN(C)Cc1nccn1C. The molecule has 0 saturated carbocycles. The number of aliphatic hydroxyl groups is 1. The van der Waals surface area contributed by atoms with Crippen molar-refractivity contribution in [1.82, 2.24) is 19.8 Å². The van der Waals surface area contributed by atoms with Crippen LogP contribution in [0.5, 0.6) is 0 Å². The maximum absolute atomic E-state index is 9.44. The summed E-state index contributed by atoms with van der Waals surface area (Å²) in [4.78, 5) is 6.46. The second-order valence-electron chi connectivity index (χ2n) is 4.88. The fraction of sp³-hybridized carbons (Fsp3) is 0.750. The van der Waals surface area contributed by atoms with Crippen molar-refractivity contribution in [2.45, 2.75) is 25.9 Å². The second kappa shape index (κ2) is 6.14. The Hall–Kier alpha value is -0.910. The molecule has 0 saturated heterocycles. The number of imidazole rings is 1. The van der Waals surface area contributed by atoms with Gasteiger partial charge in [0.2, 0.25) is 0 Å².